The zero-order chi connectivity index (χ0) is 22.0. The first-order valence-electron chi connectivity index (χ1n) is 10.1. The van der Waals surface area contributed by atoms with E-state index in [1.807, 2.05) is 69.3 Å². The Kier molecular flexibility index (Phi) is 6.04. The maximum absolute atomic E-state index is 13.1. The number of hydrogen-bond acceptors (Lipinski definition) is 5. The highest BCUT2D eigenvalue weighted by molar-refractivity contribution is 9.10. The van der Waals surface area contributed by atoms with Crippen LogP contribution in [0.15, 0.2) is 73.4 Å². The monoisotopic (exact) mass is 479 g/mol. The van der Waals surface area contributed by atoms with Crippen molar-refractivity contribution >= 4 is 33.0 Å². The molecule has 0 unspecified atom stereocenters. The van der Waals surface area contributed by atoms with Crippen molar-refractivity contribution < 1.29 is 9.15 Å². The third-order valence-electron chi connectivity index (χ3n) is 4.73. The van der Waals surface area contributed by atoms with Gasteiger partial charge in [0.1, 0.15) is 23.1 Å². The Hall–Kier alpha value is -3.19. The summed E-state index contributed by atoms with van der Waals surface area (Å²) in [5.74, 6) is 2.68. The van der Waals surface area contributed by atoms with Gasteiger partial charge in [0.2, 0.25) is 0 Å². The first-order chi connectivity index (χ1) is 15.0. The predicted molar refractivity (Wildman–Crippen MR) is 126 cm³/mol. The lowest BCUT2D eigenvalue weighted by Gasteiger charge is -2.11. The van der Waals surface area contributed by atoms with Crippen LogP contribution in [0.25, 0.3) is 22.2 Å². The van der Waals surface area contributed by atoms with Crippen LogP contribution in [0.2, 0.25) is 0 Å². The second-order valence-electron chi connectivity index (χ2n) is 7.31. The van der Waals surface area contributed by atoms with Gasteiger partial charge < -0.3 is 9.15 Å². The van der Waals surface area contributed by atoms with E-state index in [-0.39, 0.29) is 11.5 Å². The number of furan rings is 1. The van der Waals surface area contributed by atoms with E-state index in [1.165, 1.54) is 10.9 Å². The molecule has 4 rings (SSSR count). The van der Waals surface area contributed by atoms with Crippen molar-refractivity contribution in [2.45, 2.75) is 26.7 Å². The van der Waals surface area contributed by atoms with Crippen LogP contribution in [-0.4, -0.2) is 22.5 Å². The standard InChI is InChI=1S/C24H22BrN3O3/c1-4-30-18-8-5-16(6-9-18)22-12-10-19(31-22)14-26-28-23(15(2)3)27-21-11-7-17(25)13-20(21)24(28)29/h5-15H,4H2,1-3H3. The van der Waals surface area contributed by atoms with E-state index < -0.39 is 0 Å². The van der Waals surface area contributed by atoms with Gasteiger partial charge in [0.15, 0.2) is 0 Å². The third kappa shape index (κ3) is 4.46. The van der Waals surface area contributed by atoms with E-state index >= 15 is 0 Å². The maximum Gasteiger partial charge on any atom is 0.282 e. The van der Waals surface area contributed by atoms with Crippen LogP contribution in [0.5, 0.6) is 5.75 Å². The Labute approximate surface area is 188 Å². The molecule has 2 aromatic heterocycles. The molecule has 0 radical (unpaired) electrons. The molecule has 4 aromatic rings. The zero-order valence-corrected chi connectivity index (χ0v) is 19.1. The van der Waals surface area contributed by atoms with E-state index in [4.69, 9.17) is 9.15 Å². The Bertz CT molecular complexity index is 1300. The van der Waals surface area contributed by atoms with Gasteiger partial charge in [-0.1, -0.05) is 29.8 Å². The van der Waals surface area contributed by atoms with Gasteiger partial charge in [-0.3, -0.25) is 4.79 Å². The Balaban J connectivity index is 1.68. The molecule has 6 nitrogen and oxygen atoms in total. The summed E-state index contributed by atoms with van der Waals surface area (Å²) in [6, 6.07) is 16.9. The lowest BCUT2D eigenvalue weighted by molar-refractivity contribution is 0.340. The first-order valence-corrected chi connectivity index (χ1v) is 10.8. The summed E-state index contributed by atoms with van der Waals surface area (Å²) >= 11 is 3.42. The quantitative estimate of drug-likeness (QED) is 0.326. The molecule has 2 heterocycles. The highest BCUT2D eigenvalue weighted by Gasteiger charge is 2.14. The Morgan fingerprint density at radius 1 is 1.16 bits per heavy atom. The minimum atomic E-state index is -0.218. The largest absolute Gasteiger partial charge is 0.494 e. The predicted octanol–water partition coefficient (Wildman–Crippen LogP) is 5.82. The van der Waals surface area contributed by atoms with Crippen LogP contribution in [-0.2, 0) is 0 Å². The number of aromatic nitrogens is 2. The fourth-order valence-corrected chi connectivity index (χ4v) is 3.59. The van der Waals surface area contributed by atoms with Crippen LogP contribution in [0.3, 0.4) is 0 Å². The van der Waals surface area contributed by atoms with Crippen molar-refractivity contribution in [3.05, 3.63) is 81.0 Å². The topological polar surface area (TPSA) is 69.6 Å². The third-order valence-corrected chi connectivity index (χ3v) is 5.22. The molecule has 158 valence electrons. The van der Waals surface area contributed by atoms with Gasteiger partial charge in [0.05, 0.1) is 23.7 Å². The molecule has 0 aliphatic heterocycles. The van der Waals surface area contributed by atoms with Crippen molar-refractivity contribution in [3.8, 4) is 17.1 Å². The summed E-state index contributed by atoms with van der Waals surface area (Å²) in [4.78, 5) is 17.7. The smallest absolute Gasteiger partial charge is 0.282 e. The molecule has 0 amide bonds. The summed E-state index contributed by atoms with van der Waals surface area (Å²) in [5, 5.41) is 4.92. The zero-order valence-electron chi connectivity index (χ0n) is 17.5. The molecule has 0 N–H and O–H groups in total. The fraction of sp³-hybridized carbons (Fsp3) is 0.208. The number of benzene rings is 2. The summed E-state index contributed by atoms with van der Waals surface area (Å²) in [7, 11) is 0. The number of fused-ring (bicyclic) bond motifs is 1. The highest BCUT2D eigenvalue weighted by Crippen LogP contribution is 2.24. The van der Waals surface area contributed by atoms with Crippen LogP contribution < -0.4 is 10.3 Å². The maximum atomic E-state index is 13.1. The second-order valence-corrected chi connectivity index (χ2v) is 8.22. The second kappa shape index (κ2) is 8.89. The molecule has 0 bridgehead atoms. The average Bonchev–Trinajstić information content (AvgIpc) is 3.23. The van der Waals surface area contributed by atoms with Gasteiger partial charge in [-0.2, -0.15) is 9.78 Å². The molecule has 0 spiro atoms. The molecule has 2 aromatic carbocycles. The van der Waals surface area contributed by atoms with Gasteiger partial charge in [0.25, 0.3) is 5.56 Å². The van der Waals surface area contributed by atoms with Gasteiger partial charge in [-0.25, -0.2) is 4.98 Å². The molecule has 0 atom stereocenters. The lowest BCUT2D eigenvalue weighted by atomic mass is 10.2. The number of halogens is 1. The van der Waals surface area contributed by atoms with E-state index in [2.05, 4.69) is 26.0 Å². The van der Waals surface area contributed by atoms with E-state index in [1.54, 1.807) is 6.07 Å². The molecule has 0 saturated heterocycles. The Morgan fingerprint density at radius 2 is 1.94 bits per heavy atom. The summed E-state index contributed by atoms with van der Waals surface area (Å²) in [6.45, 7) is 6.54. The number of nitrogens with zero attached hydrogens (tertiary/aromatic N) is 3. The van der Waals surface area contributed by atoms with E-state index in [0.717, 1.165) is 15.8 Å². The first kappa shape index (κ1) is 21.1. The normalized spacial score (nSPS) is 11.6. The average molecular weight is 480 g/mol. The van der Waals surface area contributed by atoms with Gasteiger partial charge in [-0.05, 0) is 61.5 Å². The lowest BCUT2D eigenvalue weighted by Crippen LogP contribution is -2.23. The van der Waals surface area contributed by atoms with Crippen LogP contribution >= 0.6 is 15.9 Å². The van der Waals surface area contributed by atoms with Gasteiger partial charge >= 0.3 is 0 Å². The number of ether oxygens (including phenoxy) is 1. The Morgan fingerprint density at radius 3 is 2.65 bits per heavy atom. The van der Waals surface area contributed by atoms with E-state index in [0.29, 0.717) is 34.9 Å². The molecule has 0 saturated carbocycles. The van der Waals surface area contributed by atoms with Crippen molar-refractivity contribution in [1.29, 1.82) is 0 Å². The molecular formula is C24H22BrN3O3. The van der Waals surface area contributed by atoms with Crippen molar-refractivity contribution in [3.63, 3.8) is 0 Å². The highest BCUT2D eigenvalue weighted by atomic mass is 79.9. The molecule has 31 heavy (non-hydrogen) atoms. The molecular weight excluding hydrogens is 458 g/mol. The minimum absolute atomic E-state index is 0.0221. The van der Waals surface area contributed by atoms with Crippen molar-refractivity contribution in [2.24, 2.45) is 5.10 Å². The summed E-state index contributed by atoms with van der Waals surface area (Å²) < 4.78 is 13.5. The van der Waals surface area contributed by atoms with Gasteiger partial charge in [-0.15, -0.1) is 0 Å². The minimum Gasteiger partial charge on any atom is -0.494 e. The van der Waals surface area contributed by atoms with Crippen LogP contribution in [0.1, 0.15) is 38.3 Å². The summed E-state index contributed by atoms with van der Waals surface area (Å²) in [5.41, 5.74) is 1.36. The molecule has 0 fully saturated rings. The number of rotatable bonds is 6. The van der Waals surface area contributed by atoms with Crippen molar-refractivity contribution in [2.75, 3.05) is 6.61 Å². The van der Waals surface area contributed by atoms with Crippen molar-refractivity contribution in [1.82, 2.24) is 9.66 Å². The molecule has 7 heteroatoms. The van der Waals surface area contributed by atoms with Crippen LogP contribution in [0, 0.1) is 0 Å². The molecule has 0 aliphatic carbocycles. The molecule has 0 aliphatic rings. The summed E-state index contributed by atoms with van der Waals surface area (Å²) in [6.07, 6.45) is 1.54. The number of hydrogen-bond donors (Lipinski definition) is 0. The van der Waals surface area contributed by atoms with Gasteiger partial charge in [0, 0.05) is 16.0 Å². The van der Waals surface area contributed by atoms with Crippen LogP contribution in [0.4, 0.5) is 0 Å². The SMILES string of the molecule is CCOc1ccc(-c2ccc(C=Nn3c(C(C)C)nc4ccc(Br)cc4c3=O)o2)cc1. The fourth-order valence-electron chi connectivity index (χ4n) is 3.23. The van der Waals surface area contributed by atoms with E-state index in [9.17, 15) is 4.79 Å².